The van der Waals surface area contributed by atoms with Crippen molar-refractivity contribution in [2.24, 2.45) is 0 Å². The summed E-state index contributed by atoms with van der Waals surface area (Å²) in [5, 5.41) is 3.10. The molecule has 110 valence electrons. The molecule has 0 heterocycles. The maximum absolute atomic E-state index is 11.7. The first-order chi connectivity index (χ1) is 9.52. The summed E-state index contributed by atoms with van der Waals surface area (Å²) in [7, 11) is 0. The molecular formula is C13H17ClN2O3S. The summed E-state index contributed by atoms with van der Waals surface area (Å²) >= 11 is 7.31. The lowest BCUT2D eigenvalue weighted by molar-refractivity contribution is -0.139. The Balaban J connectivity index is 2.28. The zero-order valence-corrected chi connectivity index (χ0v) is 12.7. The molecule has 7 heteroatoms. The molecule has 0 aliphatic rings. The lowest BCUT2D eigenvalue weighted by Crippen LogP contribution is -2.13. The van der Waals surface area contributed by atoms with Crippen LogP contribution < -0.4 is 11.1 Å². The van der Waals surface area contributed by atoms with Crippen molar-refractivity contribution in [2.45, 2.75) is 13.3 Å². The number of carbonyl (C=O) groups is 2. The summed E-state index contributed by atoms with van der Waals surface area (Å²) in [6.45, 7) is 2.13. The quantitative estimate of drug-likeness (QED) is 0.459. The molecule has 0 fully saturated rings. The Morgan fingerprint density at radius 2 is 2.20 bits per heavy atom. The number of halogens is 1. The number of amides is 1. The number of nitrogens with one attached hydrogen (secondary N) is 1. The van der Waals surface area contributed by atoms with E-state index in [0.717, 1.165) is 0 Å². The molecule has 1 rings (SSSR count). The van der Waals surface area contributed by atoms with Crippen LogP contribution in [0.15, 0.2) is 18.2 Å². The van der Waals surface area contributed by atoms with E-state index in [1.807, 2.05) is 0 Å². The molecular weight excluding hydrogens is 300 g/mol. The van der Waals surface area contributed by atoms with Gasteiger partial charge in [0.15, 0.2) is 0 Å². The number of nitrogens with two attached hydrogens (primary N) is 1. The number of hydrogen-bond acceptors (Lipinski definition) is 5. The normalized spacial score (nSPS) is 10.1. The molecule has 1 aromatic carbocycles. The molecule has 1 amide bonds. The topological polar surface area (TPSA) is 81.4 Å². The molecule has 3 N–H and O–H groups in total. The standard InChI is InChI=1S/C13H17ClN2O3S/c1-2-19-13(18)8-20-6-5-12(17)16-11-4-3-9(15)7-10(11)14/h3-4,7H,2,5-6,8,15H2,1H3,(H,16,17). The van der Waals surface area contributed by atoms with Gasteiger partial charge in [0.25, 0.3) is 0 Å². The highest BCUT2D eigenvalue weighted by Crippen LogP contribution is 2.24. The monoisotopic (exact) mass is 316 g/mol. The highest BCUT2D eigenvalue weighted by Gasteiger charge is 2.07. The van der Waals surface area contributed by atoms with Crippen molar-refractivity contribution in [3.63, 3.8) is 0 Å². The van der Waals surface area contributed by atoms with E-state index >= 15 is 0 Å². The average molecular weight is 317 g/mol. The first kappa shape index (κ1) is 16.7. The third-order valence-corrected chi connectivity index (χ3v) is 3.51. The van der Waals surface area contributed by atoms with Crippen molar-refractivity contribution >= 4 is 46.6 Å². The van der Waals surface area contributed by atoms with E-state index in [2.05, 4.69) is 5.32 Å². The summed E-state index contributed by atoms with van der Waals surface area (Å²) in [5.41, 5.74) is 6.63. The van der Waals surface area contributed by atoms with Crippen LogP contribution in [0.3, 0.4) is 0 Å². The van der Waals surface area contributed by atoms with Crippen molar-refractivity contribution in [2.75, 3.05) is 29.2 Å². The van der Waals surface area contributed by atoms with Crippen LogP contribution >= 0.6 is 23.4 Å². The largest absolute Gasteiger partial charge is 0.465 e. The maximum atomic E-state index is 11.7. The molecule has 20 heavy (non-hydrogen) atoms. The van der Waals surface area contributed by atoms with Crippen molar-refractivity contribution in [1.29, 1.82) is 0 Å². The van der Waals surface area contributed by atoms with Gasteiger partial charge in [0, 0.05) is 17.9 Å². The number of ether oxygens (including phenoxy) is 1. The van der Waals surface area contributed by atoms with Gasteiger partial charge in [0.1, 0.15) is 0 Å². The lowest BCUT2D eigenvalue weighted by atomic mass is 10.3. The van der Waals surface area contributed by atoms with E-state index in [-0.39, 0.29) is 17.6 Å². The van der Waals surface area contributed by atoms with Crippen LogP contribution in [-0.2, 0) is 14.3 Å². The minimum Gasteiger partial charge on any atom is -0.465 e. The molecule has 0 aliphatic carbocycles. The summed E-state index contributed by atoms with van der Waals surface area (Å²) in [6.07, 6.45) is 0.296. The van der Waals surface area contributed by atoms with Gasteiger partial charge < -0.3 is 15.8 Å². The first-order valence-corrected chi connectivity index (χ1v) is 7.64. The summed E-state index contributed by atoms with van der Waals surface area (Å²) in [6, 6.07) is 4.89. The number of thioether (sulfide) groups is 1. The molecule has 0 saturated heterocycles. The van der Waals surface area contributed by atoms with Crippen LogP contribution in [-0.4, -0.2) is 30.0 Å². The molecule has 1 aromatic rings. The van der Waals surface area contributed by atoms with E-state index in [0.29, 0.717) is 35.2 Å². The Hall–Kier alpha value is -1.40. The molecule has 0 bridgehead atoms. The lowest BCUT2D eigenvalue weighted by Gasteiger charge is -2.07. The van der Waals surface area contributed by atoms with E-state index in [9.17, 15) is 9.59 Å². The van der Waals surface area contributed by atoms with Gasteiger partial charge in [-0.15, -0.1) is 11.8 Å². The fraction of sp³-hybridized carbons (Fsp3) is 0.385. The summed E-state index contributed by atoms with van der Waals surface area (Å²) in [4.78, 5) is 22.8. The summed E-state index contributed by atoms with van der Waals surface area (Å²) in [5.74, 6) is 0.369. The average Bonchev–Trinajstić information content (AvgIpc) is 2.38. The number of esters is 1. The first-order valence-electron chi connectivity index (χ1n) is 6.11. The second-order valence-electron chi connectivity index (χ2n) is 3.90. The number of carbonyl (C=O) groups excluding carboxylic acids is 2. The van der Waals surface area contributed by atoms with Crippen molar-refractivity contribution in [3.05, 3.63) is 23.2 Å². The molecule has 0 radical (unpaired) electrons. The smallest absolute Gasteiger partial charge is 0.315 e. The molecule has 0 atom stereocenters. The van der Waals surface area contributed by atoms with Crippen molar-refractivity contribution in [1.82, 2.24) is 0 Å². The Bertz CT molecular complexity index is 483. The van der Waals surface area contributed by atoms with Crippen LogP contribution in [0.1, 0.15) is 13.3 Å². The predicted molar refractivity (Wildman–Crippen MR) is 83.1 cm³/mol. The highest BCUT2D eigenvalue weighted by molar-refractivity contribution is 7.99. The zero-order chi connectivity index (χ0) is 15.0. The van der Waals surface area contributed by atoms with Crippen LogP contribution in [0.4, 0.5) is 11.4 Å². The molecule has 0 unspecified atom stereocenters. The van der Waals surface area contributed by atoms with Gasteiger partial charge in [-0.2, -0.15) is 0 Å². The van der Waals surface area contributed by atoms with Crippen LogP contribution in [0.2, 0.25) is 5.02 Å². The van der Waals surface area contributed by atoms with Gasteiger partial charge in [0.2, 0.25) is 5.91 Å². The van der Waals surface area contributed by atoms with Crippen LogP contribution in [0.5, 0.6) is 0 Å². The van der Waals surface area contributed by atoms with E-state index in [1.54, 1.807) is 25.1 Å². The molecule has 0 aromatic heterocycles. The van der Waals surface area contributed by atoms with Crippen molar-refractivity contribution < 1.29 is 14.3 Å². The predicted octanol–water partition coefficient (Wildman–Crippen LogP) is 2.55. The number of hydrogen-bond donors (Lipinski definition) is 2. The van der Waals surface area contributed by atoms with E-state index in [4.69, 9.17) is 22.1 Å². The molecule has 5 nitrogen and oxygen atoms in total. The fourth-order valence-corrected chi connectivity index (χ4v) is 2.33. The maximum Gasteiger partial charge on any atom is 0.315 e. The Morgan fingerprint density at radius 1 is 1.45 bits per heavy atom. The second kappa shape index (κ2) is 8.71. The van der Waals surface area contributed by atoms with Gasteiger partial charge in [-0.1, -0.05) is 11.6 Å². The Morgan fingerprint density at radius 3 is 2.85 bits per heavy atom. The minimum atomic E-state index is -0.264. The summed E-state index contributed by atoms with van der Waals surface area (Å²) < 4.78 is 4.78. The number of nitrogen functional groups attached to an aromatic ring is 1. The zero-order valence-electron chi connectivity index (χ0n) is 11.1. The van der Waals surface area contributed by atoms with Gasteiger partial charge >= 0.3 is 5.97 Å². The highest BCUT2D eigenvalue weighted by atomic mass is 35.5. The third-order valence-electron chi connectivity index (χ3n) is 2.27. The Kier molecular flexibility index (Phi) is 7.25. The molecule has 0 aliphatic heterocycles. The SMILES string of the molecule is CCOC(=O)CSCCC(=O)Nc1ccc(N)cc1Cl. The second-order valence-corrected chi connectivity index (χ2v) is 5.41. The number of rotatable bonds is 7. The van der Waals surface area contributed by atoms with Crippen LogP contribution in [0.25, 0.3) is 0 Å². The molecule has 0 saturated carbocycles. The van der Waals surface area contributed by atoms with Gasteiger partial charge in [0.05, 0.1) is 23.1 Å². The number of benzene rings is 1. The minimum absolute atomic E-state index is 0.159. The number of anilines is 2. The molecule has 0 spiro atoms. The van der Waals surface area contributed by atoms with E-state index < -0.39 is 0 Å². The van der Waals surface area contributed by atoms with Gasteiger partial charge in [-0.05, 0) is 25.1 Å². The van der Waals surface area contributed by atoms with Crippen molar-refractivity contribution in [3.8, 4) is 0 Å². The van der Waals surface area contributed by atoms with Gasteiger partial charge in [-0.3, -0.25) is 9.59 Å². The third kappa shape index (κ3) is 6.16. The van der Waals surface area contributed by atoms with E-state index in [1.165, 1.54) is 11.8 Å². The Labute approximate surface area is 127 Å². The van der Waals surface area contributed by atoms with Gasteiger partial charge in [-0.25, -0.2) is 0 Å². The van der Waals surface area contributed by atoms with Crippen LogP contribution in [0, 0.1) is 0 Å². The fourth-order valence-electron chi connectivity index (χ4n) is 1.37.